The van der Waals surface area contributed by atoms with Gasteiger partial charge in [-0.25, -0.2) is 4.39 Å². The lowest BCUT2D eigenvalue weighted by molar-refractivity contribution is -0.135. The summed E-state index contributed by atoms with van der Waals surface area (Å²) >= 11 is 0. The Bertz CT molecular complexity index is 249. The molecule has 1 heterocycles. The maximum Gasteiger partial charge on any atom is 0.240 e. The van der Waals surface area contributed by atoms with Gasteiger partial charge in [0.05, 0.1) is 12.6 Å². The van der Waals surface area contributed by atoms with E-state index in [0.29, 0.717) is 6.42 Å². The average molecular weight is 216 g/mol. The third-order valence-electron chi connectivity index (χ3n) is 3.01. The molecule has 0 radical (unpaired) electrons. The standard InChI is InChI=1S/C11H21FN2O/c1-7-5-8(12)6-14(7)10(15)9(13)11(2,3)4/h7-9H,5-6,13H2,1-4H3/t7?,8-,9+/m0/s1. The van der Waals surface area contributed by atoms with Crippen LogP contribution >= 0.6 is 0 Å². The Morgan fingerprint density at radius 1 is 1.53 bits per heavy atom. The Labute approximate surface area is 90.8 Å². The molecule has 1 aliphatic rings. The van der Waals surface area contributed by atoms with Gasteiger partial charge in [-0.2, -0.15) is 0 Å². The van der Waals surface area contributed by atoms with Gasteiger partial charge in [0.25, 0.3) is 0 Å². The van der Waals surface area contributed by atoms with Crippen LogP contribution in [0.4, 0.5) is 4.39 Å². The number of rotatable bonds is 1. The highest BCUT2D eigenvalue weighted by Crippen LogP contribution is 2.25. The number of hydrogen-bond donors (Lipinski definition) is 1. The fourth-order valence-corrected chi connectivity index (χ4v) is 1.82. The Morgan fingerprint density at radius 3 is 2.40 bits per heavy atom. The van der Waals surface area contributed by atoms with Crippen LogP contribution < -0.4 is 5.73 Å². The van der Waals surface area contributed by atoms with Gasteiger partial charge in [0, 0.05) is 12.5 Å². The number of hydrogen-bond acceptors (Lipinski definition) is 2. The van der Waals surface area contributed by atoms with E-state index in [1.165, 1.54) is 0 Å². The molecule has 4 heteroatoms. The molecule has 1 aliphatic heterocycles. The number of carbonyl (C=O) groups is 1. The lowest BCUT2D eigenvalue weighted by Gasteiger charge is -2.31. The summed E-state index contributed by atoms with van der Waals surface area (Å²) in [6, 6.07) is -0.578. The molecule has 1 saturated heterocycles. The van der Waals surface area contributed by atoms with Crippen molar-refractivity contribution in [3.05, 3.63) is 0 Å². The molecule has 1 amide bonds. The molecule has 0 saturated carbocycles. The second-order valence-corrected chi connectivity index (χ2v) is 5.52. The van der Waals surface area contributed by atoms with Gasteiger partial charge in [0.15, 0.2) is 0 Å². The van der Waals surface area contributed by atoms with E-state index in [4.69, 9.17) is 5.73 Å². The van der Waals surface area contributed by atoms with E-state index in [-0.39, 0.29) is 23.9 Å². The lowest BCUT2D eigenvalue weighted by atomic mass is 9.86. The van der Waals surface area contributed by atoms with Gasteiger partial charge < -0.3 is 10.6 Å². The van der Waals surface area contributed by atoms with Crippen molar-refractivity contribution >= 4 is 5.91 Å². The van der Waals surface area contributed by atoms with Crippen molar-refractivity contribution in [2.24, 2.45) is 11.1 Å². The van der Waals surface area contributed by atoms with E-state index in [9.17, 15) is 9.18 Å². The van der Waals surface area contributed by atoms with E-state index in [1.807, 2.05) is 27.7 Å². The molecule has 2 N–H and O–H groups in total. The molecule has 3 atom stereocenters. The van der Waals surface area contributed by atoms with Gasteiger partial charge in [-0.15, -0.1) is 0 Å². The maximum absolute atomic E-state index is 13.1. The summed E-state index contributed by atoms with van der Waals surface area (Å²) in [4.78, 5) is 13.6. The first-order valence-corrected chi connectivity index (χ1v) is 5.43. The number of alkyl halides is 1. The van der Waals surface area contributed by atoms with Crippen LogP contribution in [-0.2, 0) is 4.79 Å². The quantitative estimate of drug-likeness (QED) is 0.718. The third-order valence-corrected chi connectivity index (χ3v) is 3.01. The molecule has 1 unspecified atom stereocenters. The maximum atomic E-state index is 13.1. The fraction of sp³-hybridized carbons (Fsp3) is 0.909. The van der Waals surface area contributed by atoms with E-state index in [1.54, 1.807) is 4.90 Å². The van der Waals surface area contributed by atoms with Crippen LogP contribution in [0.15, 0.2) is 0 Å². The van der Waals surface area contributed by atoms with Crippen molar-refractivity contribution in [1.29, 1.82) is 0 Å². The monoisotopic (exact) mass is 216 g/mol. The molecule has 0 aromatic rings. The Hall–Kier alpha value is -0.640. The highest BCUT2D eigenvalue weighted by molar-refractivity contribution is 5.83. The molecule has 1 rings (SSSR count). The summed E-state index contributed by atoms with van der Waals surface area (Å²) in [7, 11) is 0. The van der Waals surface area contributed by atoms with E-state index >= 15 is 0 Å². The molecule has 88 valence electrons. The summed E-state index contributed by atoms with van der Waals surface area (Å²) < 4.78 is 13.1. The van der Waals surface area contributed by atoms with Gasteiger partial charge in [-0.1, -0.05) is 20.8 Å². The third kappa shape index (κ3) is 2.68. The number of likely N-dealkylation sites (tertiary alicyclic amines) is 1. The Morgan fingerprint density at radius 2 is 2.07 bits per heavy atom. The first kappa shape index (κ1) is 12.4. The van der Waals surface area contributed by atoms with Crippen molar-refractivity contribution in [3.63, 3.8) is 0 Å². The van der Waals surface area contributed by atoms with Crippen LogP contribution in [0.2, 0.25) is 0 Å². The molecule has 0 aliphatic carbocycles. The number of carbonyl (C=O) groups excluding carboxylic acids is 1. The molecule has 0 aromatic carbocycles. The topological polar surface area (TPSA) is 46.3 Å². The Kier molecular flexibility index (Phi) is 3.38. The first-order valence-electron chi connectivity index (χ1n) is 5.43. The normalized spacial score (nSPS) is 29.3. The zero-order valence-electron chi connectivity index (χ0n) is 9.96. The van der Waals surface area contributed by atoms with Gasteiger partial charge in [0.1, 0.15) is 6.17 Å². The Balaban J connectivity index is 2.69. The van der Waals surface area contributed by atoms with Crippen LogP contribution in [0.5, 0.6) is 0 Å². The van der Waals surface area contributed by atoms with Crippen molar-refractivity contribution in [2.45, 2.75) is 52.4 Å². The zero-order valence-corrected chi connectivity index (χ0v) is 9.96. The molecule has 3 nitrogen and oxygen atoms in total. The number of nitrogens with zero attached hydrogens (tertiary/aromatic N) is 1. The SMILES string of the molecule is CC1C[C@H](F)CN1C(=O)[C@@H](N)C(C)(C)C. The summed E-state index contributed by atoms with van der Waals surface area (Å²) in [6.45, 7) is 7.83. The van der Waals surface area contributed by atoms with Crippen LogP contribution in [-0.4, -0.2) is 35.6 Å². The molecule has 1 fully saturated rings. The zero-order chi connectivity index (χ0) is 11.8. The molecule has 15 heavy (non-hydrogen) atoms. The van der Waals surface area contributed by atoms with Gasteiger partial charge in [-0.3, -0.25) is 4.79 Å². The van der Waals surface area contributed by atoms with Crippen LogP contribution in [0.1, 0.15) is 34.1 Å². The van der Waals surface area contributed by atoms with Crippen molar-refractivity contribution < 1.29 is 9.18 Å². The highest BCUT2D eigenvalue weighted by atomic mass is 19.1. The molecular weight excluding hydrogens is 195 g/mol. The second-order valence-electron chi connectivity index (χ2n) is 5.52. The van der Waals surface area contributed by atoms with Crippen LogP contribution in [0, 0.1) is 5.41 Å². The van der Waals surface area contributed by atoms with Crippen LogP contribution in [0.3, 0.4) is 0 Å². The highest BCUT2D eigenvalue weighted by Gasteiger charge is 2.38. The summed E-state index contributed by atoms with van der Waals surface area (Å²) in [5, 5.41) is 0. The van der Waals surface area contributed by atoms with E-state index < -0.39 is 12.2 Å². The average Bonchev–Trinajstić information content (AvgIpc) is 2.41. The number of halogens is 1. The number of amides is 1. The summed E-state index contributed by atoms with van der Waals surface area (Å²) in [5.41, 5.74) is 5.60. The predicted octanol–water partition coefficient (Wildman–Crippen LogP) is 1.32. The van der Waals surface area contributed by atoms with Gasteiger partial charge in [0.2, 0.25) is 5.91 Å². The molecule has 0 spiro atoms. The van der Waals surface area contributed by atoms with Crippen LogP contribution in [0.25, 0.3) is 0 Å². The fourth-order valence-electron chi connectivity index (χ4n) is 1.82. The predicted molar refractivity (Wildman–Crippen MR) is 58.1 cm³/mol. The minimum Gasteiger partial charge on any atom is -0.336 e. The second kappa shape index (κ2) is 4.08. The van der Waals surface area contributed by atoms with E-state index in [0.717, 1.165) is 0 Å². The summed E-state index contributed by atoms with van der Waals surface area (Å²) in [5.74, 6) is -0.129. The van der Waals surface area contributed by atoms with E-state index in [2.05, 4.69) is 0 Å². The van der Waals surface area contributed by atoms with Crippen molar-refractivity contribution in [3.8, 4) is 0 Å². The van der Waals surface area contributed by atoms with Gasteiger partial charge in [-0.05, 0) is 12.3 Å². The summed E-state index contributed by atoms with van der Waals surface area (Å²) in [6.07, 6.45) is -0.459. The van der Waals surface area contributed by atoms with Crippen molar-refractivity contribution in [1.82, 2.24) is 4.90 Å². The smallest absolute Gasteiger partial charge is 0.240 e. The minimum absolute atomic E-state index is 0.0269. The van der Waals surface area contributed by atoms with Crippen molar-refractivity contribution in [2.75, 3.05) is 6.54 Å². The largest absolute Gasteiger partial charge is 0.336 e. The lowest BCUT2D eigenvalue weighted by Crippen LogP contribution is -2.51. The van der Waals surface area contributed by atoms with Gasteiger partial charge >= 0.3 is 0 Å². The minimum atomic E-state index is -0.892. The number of nitrogens with two attached hydrogens (primary N) is 1. The first-order chi connectivity index (χ1) is 6.73. The molecule has 0 aromatic heterocycles. The molecule has 0 bridgehead atoms. The molecular formula is C11H21FN2O.